The van der Waals surface area contributed by atoms with Gasteiger partial charge in [-0.2, -0.15) is 0 Å². The number of aromatic nitrogens is 2. The predicted octanol–water partition coefficient (Wildman–Crippen LogP) is 2.52. The quantitative estimate of drug-likeness (QED) is 0.783. The molecule has 0 N–H and O–H groups in total. The number of carbonyl (C=O) groups excluding carboxylic acids is 1. The Balaban J connectivity index is 1.88. The zero-order valence-corrected chi connectivity index (χ0v) is 15.7. The fraction of sp³-hybridized carbons (Fsp3) is 0.409. The van der Waals surface area contributed by atoms with E-state index in [0.717, 1.165) is 12.0 Å². The molecule has 1 aromatic carbocycles. The van der Waals surface area contributed by atoms with E-state index in [1.54, 1.807) is 0 Å². The highest BCUT2D eigenvalue weighted by Gasteiger charge is 2.36. The van der Waals surface area contributed by atoms with Crippen molar-refractivity contribution in [2.75, 3.05) is 0 Å². The minimum atomic E-state index is -1.15. The minimum absolute atomic E-state index is 0.144. The number of benzene rings is 1. The third-order valence-electron chi connectivity index (χ3n) is 5.23. The van der Waals surface area contributed by atoms with Gasteiger partial charge in [-0.1, -0.05) is 39.7 Å². The first-order chi connectivity index (χ1) is 12.2. The van der Waals surface area contributed by atoms with Crippen LogP contribution in [0.15, 0.2) is 30.6 Å². The average molecular weight is 347 g/mol. The van der Waals surface area contributed by atoms with E-state index in [9.17, 15) is 9.90 Å². The third-order valence-corrected chi connectivity index (χ3v) is 5.23. The van der Waals surface area contributed by atoms with Crippen LogP contribution >= 0.6 is 0 Å². The largest absolute Gasteiger partial charge is 0.550 e. The molecule has 26 heavy (non-hydrogen) atoms. The van der Waals surface area contributed by atoms with Gasteiger partial charge < -0.3 is 9.90 Å². The summed E-state index contributed by atoms with van der Waals surface area (Å²) in [7, 11) is 0. The second-order valence-corrected chi connectivity index (χ2v) is 8.24. The van der Waals surface area contributed by atoms with Crippen molar-refractivity contribution >= 4 is 5.97 Å². The van der Waals surface area contributed by atoms with Crippen LogP contribution in [0.25, 0.3) is 0 Å². The van der Waals surface area contributed by atoms with Crippen molar-refractivity contribution in [2.45, 2.75) is 57.8 Å². The Bertz CT molecular complexity index is 900. The molecule has 0 amide bonds. The van der Waals surface area contributed by atoms with Gasteiger partial charge in [0, 0.05) is 30.3 Å². The Morgan fingerprint density at radius 3 is 2.27 bits per heavy atom. The summed E-state index contributed by atoms with van der Waals surface area (Å²) in [5, 5.41) is 10.6. The molecule has 2 aromatic rings. The van der Waals surface area contributed by atoms with Gasteiger partial charge in [0.15, 0.2) is 0 Å². The van der Waals surface area contributed by atoms with Crippen LogP contribution < -0.4 is 5.11 Å². The number of nitrogens with zero attached hydrogens (tertiary/aromatic N) is 2. The molecule has 0 radical (unpaired) electrons. The van der Waals surface area contributed by atoms with Gasteiger partial charge in [0.05, 0.1) is 0 Å². The SMILES string of the molecule is CC1(C)CCC(C)(C)c2cc(C#Cc3ncc(CC(=O)[O-])cn3)ccc21. The van der Waals surface area contributed by atoms with Crippen molar-refractivity contribution in [3.63, 3.8) is 0 Å². The van der Waals surface area contributed by atoms with Crippen molar-refractivity contribution in [1.29, 1.82) is 0 Å². The molecule has 1 aromatic heterocycles. The molecule has 0 fully saturated rings. The summed E-state index contributed by atoms with van der Waals surface area (Å²) in [5.74, 6) is 5.33. The maximum Gasteiger partial charge on any atom is 0.205 e. The lowest BCUT2D eigenvalue weighted by atomic mass is 9.63. The molecule has 4 nitrogen and oxygen atoms in total. The van der Waals surface area contributed by atoms with Gasteiger partial charge in [0.1, 0.15) is 0 Å². The number of carbonyl (C=O) groups is 1. The third kappa shape index (κ3) is 3.77. The fourth-order valence-electron chi connectivity index (χ4n) is 3.47. The normalized spacial score (nSPS) is 16.9. The number of fused-ring (bicyclic) bond motifs is 1. The van der Waals surface area contributed by atoms with E-state index in [1.807, 2.05) is 0 Å². The summed E-state index contributed by atoms with van der Waals surface area (Å²) in [5.41, 5.74) is 4.55. The molecule has 134 valence electrons. The molecule has 1 aliphatic rings. The Kier molecular flexibility index (Phi) is 4.58. The highest BCUT2D eigenvalue weighted by molar-refractivity contribution is 5.67. The molecule has 4 heteroatoms. The maximum atomic E-state index is 10.6. The molecule has 0 saturated carbocycles. The lowest BCUT2D eigenvalue weighted by Gasteiger charge is -2.41. The highest BCUT2D eigenvalue weighted by Crippen LogP contribution is 2.45. The lowest BCUT2D eigenvalue weighted by molar-refractivity contribution is -0.304. The first-order valence-electron chi connectivity index (χ1n) is 8.85. The van der Waals surface area contributed by atoms with Crippen LogP contribution in [0.5, 0.6) is 0 Å². The Morgan fingerprint density at radius 1 is 1.04 bits per heavy atom. The summed E-state index contributed by atoms with van der Waals surface area (Å²) >= 11 is 0. The van der Waals surface area contributed by atoms with Gasteiger partial charge in [-0.15, -0.1) is 0 Å². The predicted molar refractivity (Wildman–Crippen MR) is 98.5 cm³/mol. The van der Waals surface area contributed by atoms with E-state index >= 15 is 0 Å². The first-order valence-corrected chi connectivity index (χ1v) is 8.85. The van der Waals surface area contributed by atoms with E-state index in [-0.39, 0.29) is 17.3 Å². The van der Waals surface area contributed by atoms with Crippen LogP contribution in [-0.4, -0.2) is 15.9 Å². The number of hydrogen-bond donors (Lipinski definition) is 0. The second kappa shape index (κ2) is 6.57. The van der Waals surface area contributed by atoms with E-state index in [2.05, 4.69) is 67.7 Å². The summed E-state index contributed by atoms with van der Waals surface area (Å²) in [4.78, 5) is 18.8. The number of carboxylic acid groups (broad SMARTS) is 1. The van der Waals surface area contributed by atoms with Crippen LogP contribution in [0, 0.1) is 11.8 Å². The number of aliphatic carboxylic acids is 1. The fourth-order valence-corrected chi connectivity index (χ4v) is 3.47. The van der Waals surface area contributed by atoms with Gasteiger partial charge >= 0.3 is 0 Å². The van der Waals surface area contributed by atoms with Gasteiger partial charge in [-0.05, 0) is 58.4 Å². The smallest absolute Gasteiger partial charge is 0.205 e. The molecule has 0 atom stereocenters. The molecule has 0 spiro atoms. The molecule has 0 aliphatic heterocycles. The molecule has 0 saturated heterocycles. The van der Waals surface area contributed by atoms with Crippen LogP contribution in [0.3, 0.4) is 0 Å². The van der Waals surface area contributed by atoms with Crippen LogP contribution in [-0.2, 0) is 22.0 Å². The minimum Gasteiger partial charge on any atom is -0.550 e. The number of carboxylic acids is 1. The van der Waals surface area contributed by atoms with Crippen LogP contribution in [0.4, 0.5) is 0 Å². The van der Waals surface area contributed by atoms with Crippen molar-refractivity contribution in [2.24, 2.45) is 0 Å². The maximum absolute atomic E-state index is 10.6. The Labute approximate surface area is 154 Å². The van der Waals surface area contributed by atoms with E-state index in [4.69, 9.17) is 0 Å². The van der Waals surface area contributed by atoms with Gasteiger partial charge in [-0.25, -0.2) is 9.97 Å². The topological polar surface area (TPSA) is 65.9 Å². The molecular weight excluding hydrogens is 324 g/mol. The highest BCUT2D eigenvalue weighted by atomic mass is 16.4. The molecule has 1 aliphatic carbocycles. The van der Waals surface area contributed by atoms with Gasteiger partial charge in [0.25, 0.3) is 0 Å². The molecule has 3 rings (SSSR count). The average Bonchev–Trinajstić information content (AvgIpc) is 2.58. The molecule has 0 bridgehead atoms. The van der Waals surface area contributed by atoms with Crippen molar-refractivity contribution in [3.8, 4) is 11.8 Å². The number of hydrogen-bond acceptors (Lipinski definition) is 4. The Morgan fingerprint density at radius 2 is 1.65 bits per heavy atom. The number of rotatable bonds is 2. The summed E-state index contributed by atoms with van der Waals surface area (Å²) in [6.07, 6.45) is 5.11. The van der Waals surface area contributed by atoms with E-state index in [0.29, 0.717) is 11.4 Å². The summed E-state index contributed by atoms with van der Waals surface area (Å²) < 4.78 is 0. The molecular formula is C22H23N2O2-. The van der Waals surface area contributed by atoms with Crippen molar-refractivity contribution in [1.82, 2.24) is 9.97 Å². The zero-order valence-electron chi connectivity index (χ0n) is 15.7. The first kappa shape index (κ1) is 18.1. The second-order valence-electron chi connectivity index (χ2n) is 8.24. The van der Waals surface area contributed by atoms with Crippen molar-refractivity contribution in [3.05, 3.63) is 58.7 Å². The van der Waals surface area contributed by atoms with E-state index in [1.165, 1.54) is 29.9 Å². The standard InChI is InChI=1S/C22H24N2O2/c1-21(2)9-10-22(3,4)18-11-15(5-7-17(18)21)6-8-19-23-13-16(14-24-19)12-20(25)26/h5,7,11,13-14H,9-10,12H2,1-4H3,(H,25,26)/p-1. The van der Waals surface area contributed by atoms with Crippen LogP contribution in [0.2, 0.25) is 0 Å². The molecule has 1 heterocycles. The molecule has 0 unspecified atom stereocenters. The van der Waals surface area contributed by atoms with Crippen LogP contribution in [0.1, 0.15) is 68.6 Å². The van der Waals surface area contributed by atoms with E-state index < -0.39 is 5.97 Å². The summed E-state index contributed by atoms with van der Waals surface area (Å²) in [6, 6.07) is 6.44. The van der Waals surface area contributed by atoms with Crippen molar-refractivity contribution < 1.29 is 9.90 Å². The van der Waals surface area contributed by atoms with Gasteiger partial charge in [0.2, 0.25) is 5.82 Å². The zero-order chi connectivity index (χ0) is 18.9. The Hall–Kier alpha value is -2.67. The monoisotopic (exact) mass is 347 g/mol. The summed E-state index contributed by atoms with van der Waals surface area (Å²) in [6.45, 7) is 9.18. The van der Waals surface area contributed by atoms with Gasteiger partial charge in [-0.3, -0.25) is 0 Å². The lowest BCUT2D eigenvalue weighted by Crippen LogP contribution is -2.33.